The van der Waals surface area contributed by atoms with Crippen LogP contribution in [0.15, 0.2) is 48.5 Å². The van der Waals surface area contributed by atoms with E-state index in [1.165, 1.54) is 0 Å². The standard InChI is InChI=1S/C21H27NO3/c1-5-24-18-13-12-17(14-19(18)25-6-2)22-20(23)21(3,4)15-16-10-8-7-9-11-16/h7-14H,5-6,15H2,1-4H3,(H,22,23). The molecule has 0 aliphatic rings. The average Bonchev–Trinajstić information content (AvgIpc) is 2.58. The summed E-state index contributed by atoms with van der Waals surface area (Å²) < 4.78 is 11.2. The van der Waals surface area contributed by atoms with Crippen LogP contribution in [0.3, 0.4) is 0 Å². The summed E-state index contributed by atoms with van der Waals surface area (Å²) in [5.74, 6) is 1.30. The van der Waals surface area contributed by atoms with Crippen molar-refractivity contribution in [1.82, 2.24) is 0 Å². The number of carbonyl (C=O) groups is 1. The van der Waals surface area contributed by atoms with Crippen molar-refractivity contribution in [3.63, 3.8) is 0 Å². The Hall–Kier alpha value is -2.49. The number of hydrogen-bond donors (Lipinski definition) is 1. The molecule has 4 heteroatoms. The minimum atomic E-state index is -0.522. The fourth-order valence-corrected chi connectivity index (χ4v) is 2.62. The van der Waals surface area contributed by atoms with Crippen molar-refractivity contribution in [2.24, 2.45) is 5.41 Å². The van der Waals surface area contributed by atoms with Gasteiger partial charge in [0.05, 0.1) is 13.2 Å². The van der Waals surface area contributed by atoms with E-state index in [0.29, 0.717) is 36.8 Å². The maximum absolute atomic E-state index is 12.7. The number of amides is 1. The van der Waals surface area contributed by atoms with Crippen molar-refractivity contribution in [3.8, 4) is 11.5 Å². The first kappa shape index (κ1) is 18.8. The molecule has 0 heterocycles. The molecule has 0 radical (unpaired) electrons. The van der Waals surface area contributed by atoms with Gasteiger partial charge in [0.15, 0.2) is 11.5 Å². The van der Waals surface area contributed by atoms with E-state index in [1.54, 1.807) is 0 Å². The number of benzene rings is 2. The minimum Gasteiger partial charge on any atom is -0.490 e. The molecule has 134 valence electrons. The van der Waals surface area contributed by atoms with Gasteiger partial charge in [0, 0.05) is 17.2 Å². The summed E-state index contributed by atoms with van der Waals surface area (Å²) in [5, 5.41) is 3.00. The quantitative estimate of drug-likeness (QED) is 0.757. The van der Waals surface area contributed by atoms with Gasteiger partial charge in [-0.2, -0.15) is 0 Å². The molecule has 4 nitrogen and oxygen atoms in total. The van der Waals surface area contributed by atoms with Gasteiger partial charge in [-0.15, -0.1) is 0 Å². The third kappa shape index (κ3) is 5.24. The fourth-order valence-electron chi connectivity index (χ4n) is 2.62. The maximum Gasteiger partial charge on any atom is 0.230 e. The van der Waals surface area contributed by atoms with Gasteiger partial charge in [-0.05, 0) is 38.0 Å². The van der Waals surface area contributed by atoms with Gasteiger partial charge in [0.2, 0.25) is 5.91 Å². The minimum absolute atomic E-state index is 0.0250. The van der Waals surface area contributed by atoms with E-state index in [2.05, 4.69) is 5.32 Å². The molecular formula is C21H27NO3. The van der Waals surface area contributed by atoms with Crippen LogP contribution >= 0.6 is 0 Å². The number of hydrogen-bond acceptors (Lipinski definition) is 3. The van der Waals surface area contributed by atoms with Crippen LogP contribution in [0.5, 0.6) is 11.5 Å². The van der Waals surface area contributed by atoms with Crippen molar-refractivity contribution in [1.29, 1.82) is 0 Å². The fraction of sp³-hybridized carbons (Fsp3) is 0.381. The zero-order valence-electron chi connectivity index (χ0n) is 15.5. The van der Waals surface area contributed by atoms with Crippen molar-refractivity contribution >= 4 is 11.6 Å². The summed E-state index contributed by atoms with van der Waals surface area (Å²) in [7, 11) is 0. The lowest BCUT2D eigenvalue weighted by atomic mass is 9.84. The Morgan fingerprint density at radius 2 is 1.60 bits per heavy atom. The SMILES string of the molecule is CCOc1ccc(NC(=O)C(C)(C)Cc2ccccc2)cc1OCC. The van der Waals surface area contributed by atoms with Gasteiger partial charge >= 0.3 is 0 Å². The van der Waals surface area contributed by atoms with Crippen molar-refractivity contribution < 1.29 is 14.3 Å². The molecule has 2 rings (SSSR count). The predicted molar refractivity (Wildman–Crippen MR) is 101 cm³/mol. The number of nitrogens with one attached hydrogen (secondary N) is 1. The predicted octanol–water partition coefficient (Wildman–Crippen LogP) is 4.69. The summed E-state index contributed by atoms with van der Waals surface area (Å²) in [5.41, 5.74) is 1.33. The molecule has 2 aromatic carbocycles. The second-order valence-electron chi connectivity index (χ2n) is 6.53. The van der Waals surface area contributed by atoms with Gasteiger partial charge < -0.3 is 14.8 Å². The molecule has 0 atom stereocenters. The molecule has 0 unspecified atom stereocenters. The van der Waals surface area contributed by atoms with Crippen LogP contribution in [0.25, 0.3) is 0 Å². The smallest absolute Gasteiger partial charge is 0.230 e. The van der Waals surface area contributed by atoms with E-state index >= 15 is 0 Å². The third-order valence-electron chi connectivity index (χ3n) is 3.90. The van der Waals surface area contributed by atoms with Crippen molar-refractivity contribution in [2.75, 3.05) is 18.5 Å². The second-order valence-corrected chi connectivity index (χ2v) is 6.53. The van der Waals surface area contributed by atoms with Gasteiger partial charge in [-0.25, -0.2) is 0 Å². The summed E-state index contributed by atoms with van der Waals surface area (Å²) in [6.07, 6.45) is 0.676. The van der Waals surface area contributed by atoms with Crippen LogP contribution in [-0.4, -0.2) is 19.1 Å². The highest BCUT2D eigenvalue weighted by molar-refractivity contribution is 5.95. The Kier molecular flexibility index (Phi) is 6.45. The summed E-state index contributed by atoms with van der Waals surface area (Å²) in [4.78, 5) is 12.7. The van der Waals surface area contributed by atoms with Gasteiger partial charge in [0.1, 0.15) is 0 Å². The largest absolute Gasteiger partial charge is 0.490 e. The average molecular weight is 341 g/mol. The molecular weight excluding hydrogens is 314 g/mol. The molecule has 0 saturated carbocycles. The molecule has 0 bridgehead atoms. The third-order valence-corrected chi connectivity index (χ3v) is 3.90. The highest BCUT2D eigenvalue weighted by atomic mass is 16.5. The van der Waals surface area contributed by atoms with Gasteiger partial charge in [0.25, 0.3) is 0 Å². The topological polar surface area (TPSA) is 47.6 Å². The van der Waals surface area contributed by atoms with Crippen LogP contribution in [-0.2, 0) is 11.2 Å². The van der Waals surface area contributed by atoms with Crippen LogP contribution < -0.4 is 14.8 Å². The lowest BCUT2D eigenvalue weighted by Crippen LogP contribution is -2.32. The van der Waals surface area contributed by atoms with Crippen molar-refractivity contribution in [3.05, 3.63) is 54.1 Å². The van der Waals surface area contributed by atoms with Gasteiger partial charge in [-0.3, -0.25) is 4.79 Å². The highest BCUT2D eigenvalue weighted by Crippen LogP contribution is 2.32. The molecule has 0 fully saturated rings. The number of rotatable bonds is 8. The highest BCUT2D eigenvalue weighted by Gasteiger charge is 2.28. The number of anilines is 1. The Morgan fingerprint density at radius 3 is 2.24 bits per heavy atom. The molecule has 2 aromatic rings. The summed E-state index contributed by atoms with van der Waals surface area (Å²) in [6, 6.07) is 15.5. The molecule has 0 aliphatic heterocycles. The second kappa shape index (κ2) is 8.56. The van der Waals surface area contributed by atoms with E-state index in [9.17, 15) is 4.79 Å². The van der Waals surface area contributed by atoms with Crippen LogP contribution in [0.1, 0.15) is 33.3 Å². The zero-order valence-corrected chi connectivity index (χ0v) is 15.5. The van der Waals surface area contributed by atoms with Crippen molar-refractivity contribution in [2.45, 2.75) is 34.1 Å². The number of ether oxygens (including phenoxy) is 2. The van der Waals surface area contributed by atoms with E-state index in [-0.39, 0.29) is 5.91 Å². The summed E-state index contributed by atoms with van der Waals surface area (Å²) >= 11 is 0. The van der Waals surface area contributed by atoms with E-state index in [4.69, 9.17) is 9.47 Å². The monoisotopic (exact) mass is 341 g/mol. The molecule has 25 heavy (non-hydrogen) atoms. The lowest BCUT2D eigenvalue weighted by molar-refractivity contribution is -0.123. The zero-order chi connectivity index (χ0) is 18.3. The van der Waals surface area contributed by atoms with Crippen LogP contribution in [0.4, 0.5) is 5.69 Å². The molecule has 0 spiro atoms. The Balaban J connectivity index is 2.12. The number of carbonyl (C=O) groups excluding carboxylic acids is 1. The molecule has 1 N–H and O–H groups in total. The van der Waals surface area contributed by atoms with Crippen LogP contribution in [0.2, 0.25) is 0 Å². The van der Waals surface area contributed by atoms with Crippen LogP contribution in [0, 0.1) is 5.41 Å². The normalized spacial score (nSPS) is 11.0. The Bertz CT molecular complexity index is 696. The maximum atomic E-state index is 12.7. The Morgan fingerprint density at radius 1 is 0.960 bits per heavy atom. The van der Waals surface area contributed by atoms with E-state index < -0.39 is 5.41 Å². The summed E-state index contributed by atoms with van der Waals surface area (Å²) in [6.45, 7) is 8.86. The van der Waals surface area contributed by atoms with E-state index in [0.717, 1.165) is 5.56 Å². The lowest BCUT2D eigenvalue weighted by Gasteiger charge is -2.24. The molecule has 0 aliphatic carbocycles. The van der Waals surface area contributed by atoms with E-state index in [1.807, 2.05) is 76.2 Å². The molecule has 0 aromatic heterocycles. The first-order chi connectivity index (χ1) is 12.0. The molecule has 0 saturated heterocycles. The Labute approximate surface area is 150 Å². The molecule has 1 amide bonds. The first-order valence-corrected chi connectivity index (χ1v) is 8.71. The first-order valence-electron chi connectivity index (χ1n) is 8.71. The van der Waals surface area contributed by atoms with Gasteiger partial charge in [-0.1, -0.05) is 44.2 Å².